The monoisotopic (exact) mass is 360 g/mol. The number of sulfonamides is 1. The Morgan fingerprint density at radius 3 is 2.12 bits per heavy atom. The van der Waals surface area contributed by atoms with Crippen LogP contribution < -0.4 is 9.62 Å². The number of amides is 1. The summed E-state index contributed by atoms with van der Waals surface area (Å²) in [5, 5.41) is 2.81. The zero-order chi connectivity index (χ0) is 18.8. The molecule has 25 heavy (non-hydrogen) atoms. The smallest absolute Gasteiger partial charge is 0.245 e. The summed E-state index contributed by atoms with van der Waals surface area (Å²) in [7, 11) is -3.59. The van der Waals surface area contributed by atoms with Gasteiger partial charge >= 0.3 is 0 Å². The molecule has 1 amide bonds. The molecule has 6 heteroatoms. The van der Waals surface area contributed by atoms with E-state index >= 15 is 0 Å². The highest BCUT2D eigenvalue weighted by atomic mass is 32.2. The van der Waals surface area contributed by atoms with E-state index in [0.29, 0.717) is 11.4 Å². The van der Waals surface area contributed by atoms with Crippen molar-refractivity contribution in [1.29, 1.82) is 0 Å². The Morgan fingerprint density at radius 1 is 0.960 bits per heavy atom. The maximum Gasteiger partial charge on any atom is 0.245 e. The van der Waals surface area contributed by atoms with E-state index in [9.17, 15) is 13.2 Å². The van der Waals surface area contributed by atoms with Crippen LogP contribution in [-0.2, 0) is 14.8 Å². The number of rotatable bonds is 5. The average Bonchev–Trinajstić information content (AvgIpc) is 2.50. The Bertz CT molecular complexity index is 905. The molecule has 0 saturated carbocycles. The summed E-state index contributed by atoms with van der Waals surface area (Å²) in [6, 6.07) is 11.3. The fourth-order valence-electron chi connectivity index (χ4n) is 2.56. The summed E-state index contributed by atoms with van der Waals surface area (Å²) in [6.45, 7) is 7.29. The number of carbonyl (C=O) groups is 1. The number of nitrogens with zero attached hydrogens (tertiary/aromatic N) is 1. The van der Waals surface area contributed by atoms with Crippen LogP contribution in [0.2, 0.25) is 0 Å². The zero-order valence-corrected chi connectivity index (χ0v) is 16.1. The first kappa shape index (κ1) is 19.0. The summed E-state index contributed by atoms with van der Waals surface area (Å²) in [5.74, 6) is -0.375. The lowest BCUT2D eigenvalue weighted by atomic mass is 10.1. The number of hydrogen-bond donors (Lipinski definition) is 1. The summed E-state index contributed by atoms with van der Waals surface area (Å²) in [4.78, 5) is 12.5. The predicted octanol–water partition coefficient (Wildman–Crippen LogP) is 3.32. The van der Waals surface area contributed by atoms with E-state index in [-0.39, 0.29) is 12.5 Å². The lowest BCUT2D eigenvalue weighted by molar-refractivity contribution is -0.114. The third-order valence-corrected chi connectivity index (χ3v) is 5.11. The minimum atomic E-state index is -3.59. The van der Waals surface area contributed by atoms with Crippen molar-refractivity contribution >= 4 is 27.3 Å². The van der Waals surface area contributed by atoms with Crippen LogP contribution in [0.25, 0.3) is 0 Å². The van der Waals surface area contributed by atoms with Crippen molar-refractivity contribution in [2.45, 2.75) is 27.7 Å². The van der Waals surface area contributed by atoms with Crippen LogP contribution in [-0.4, -0.2) is 27.1 Å². The second-order valence-corrected chi connectivity index (χ2v) is 8.33. The molecule has 0 aromatic heterocycles. The molecule has 0 fully saturated rings. The Hall–Kier alpha value is -2.34. The number of benzene rings is 2. The van der Waals surface area contributed by atoms with E-state index in [0.717, 1.165) is 32.8 Å². The lowest BCUT2D eigenvalue weighted by Crippen LogP contribution is -2.38. The van der Waals surface area contributed by atoms with Gasteiger partial charge in [0.25, 0.3) is 0 Å². The largest absolute Gasteiger partial charge is 0.324 e. The van der Waals surface area contributed by atoms with E-state index < -0.39 is 10.0 Å². The van der Waals surface area contributed by atoms with Gasteiger partial charge in [0.2, 0.25) is 15.9 Å². The van der Waals surface area contributed by atoms with Crippen molar-refractivity contribution in [2.24, 2.45) is 0 Å². The minimum Gasteiger partial charge on any atom is -0.324 e. The van der Waals surface area contributed by atoms with Crippen molar-refractivity contribution < 1.29 is 13.2 Å². The van der Waals surface area contributed by atoms with Crippen LogP contribution in [0.15, 0.2) is 36.4 Å². The van der Waals surface area contributed by atoms with Gasteiger partial charge in [0.15, 0.2) is 0 Å². The first-order valence-electron chi connectivity index (χ1n) is 8.00. The normalized spacial score (nSPS) is 11.2. The molecule has 0 atom stereocenters. The summed E-state index contributed by atoms with van der Waals surface area (Å²) in [5.41, 5.74) is 4.91. The summed E-state index contributed by atoms with van der Waals surface area (Å²) < 4.78 is 25.6. The van der Waals surface area contributed by atoms with Crippen LogP contribution in [0, 0.1) is 27.7 Å². The number of aryl methyl sites for hydroxylation is 4. The molecule has 0 aliphatic carbocycles. The third kappa shape index (κ3) is 4.82. The van der Waals surface area contributed by atoms with Crippen molar-refractivity contribution in [3.63, 3.8) is 0 Å². The highest BCUT2D eigenvalue weighted by Crippen LogP contribution is 2.24. The molecule has 2 rings (SSSR count). The molecule has 5 nitrogen and oxygen atoms in total. The Morgan fingerprint density at radius 2 is 1.52 bits per heavy atom. The van der Waals surface area contributed by atoms with Crippen LogP contribution >= 0.6 is 0 Å². The molecule has 0 saturated heterocycles. The topological polar surface area (TPSA) is 66.5 Å². The first-order chi connectivity index (χ1) is 11.6. The molecule has 0 spiro atoms. The van der Waals surface area contributed by atoms with E-state index in [1.54, 1.807) is 6.07 Å². The van der Waals surface area contributed by atoms with Crippen molar-refractivity contribution in [1.82, 2.24) is 0 Å². The van der Waals surface area contributed by atoms with Crippen molar-refractivity contribution in [3.05, 3.63) is 58.7 Å². The molecule has 0 unspecified atom stereocenters. The molecule has 0 aliphatic rings. The van der Waals surface area contributed by atoms with E-state index in [1.165, 1.54) is 0 Å². The lowest BCUT2D eigenvalue weighted by Gasteiger charge is -2.24. The van der Waals surface area contributed by atoms with Gasteiger partial charge in [-0.3, -0.25) is 9.10 Å². The molecule has 2 aromatic rings. The van der Waals surface area contributed by atoms with Crippen molar-refractivity contribution in [2.75, 3.05) is 22.4 Å². The van der Waals surface area contributed by atoms with Gasteiger partial charge in [0.1, 0.15) is 6.54 Å². The fraction of sp³-hybridized carbons (Fsp3) is 0.316. The molecule has 0 aliphatic heterocycles. The van der Waals surface area contributed by atoms with Crippen molar-refractivity contribution in [3.8, 4) is 0 Å². The van der Waals surface area contributed by atoms with Gasteiger partial charge in [0.05, 0.1) is 11.9 Å². The highest BCUT2D eigenvalue weighted by molar-refractivity contribution is 7.92. The Labute approximate surface area is 149 Å². The fourth-order valence-corrected chi connectivity index (χ4v) is 3.47. The summed E-state index contributed by atoms with van der Waals surface area (Å²) >= 11 is 0. The Kier molecular flexibility index (Phi) is 5.52. The molecule has 0 radical (unpaired) electrons. The molecular weight excluding hydrogens is 336 g/mol. The first-order valence-corrected chi connectivity index (χ1v) is 9.85. The maximum atomic E-state index is 12.5. The third-order valence-electron chi connectivity index (χ3n) is 3.99. The number of nitrogens with one attached hydrogen (secondary N) is 1. The standard InChI is InChI=1S/C19H24N2O3S/c1-13-6-8-15(3)17(10-13)20-19(22)12-21(25(5,23)24)18-11-14(2)7-9-16(18)4/h6-11H,12H2,1-5H3,(H,20,22). The van der Waals surface area contributed by atoms with Crippen LogP contribution in [0.3, 0.4) is 0 Å². The maximum absolute atomic E-state index is 12.5. The van der Waals surface area contributed by atoms with Gasteiger partial charge < -0.3 is 5.32 Å². The van der Waals surface area contributed by atoms with E-state index in [4.69, 9.17) is 0 Å². The molecule has 0 heterocycles. The molecular formula is C19H24N2O3S. The molecule has 134 valence electrons. The Balaban J connectivity index is 2.30. The zero-order valence-electron chi connectivity index (χ0n) is 15.3. The van der Waals surface area contributed by atoms with Gasteiger partial charge in [-0.1, -0.05) is 24.3 Å². The van der Waals surface area contributed by atoms with Gasteiger partial charge in [-0.25, -0.2) is 8.42 Å². The van der Waals surface area contributed by atoms with Crippen LogP contribution in [0.5, 0.6) is 0 Å². The summed E-state index contributed by atoms with van der Waals surface area (Å²) in [6.07, 6.45) is 1.11. The van der Waals surface area contributed by atoms with Gasteiger partial charge in [0, 0.05) is 5.69 Å². The van der Waals surface area contributed by atoms with E-state index in [2.05, 4.69) is 5.32 Å². The predicted molar refractivity (Wildman–Crippen MR) is 103 cm³/mol. The van der Waals surface area contributed by atoms with Gasteiger partial charge in [-0.2, -0.15) is 0 Å². The van der Waals surface area contributed by atoms with Crippen LogP contribution in [0.1, 0.15) is 22.3 Å². The van der Waals surface area contributed by atoms with E-state index in [1.807, 2.05) is 58.0 Å². The second-order valence-electron chi connectivity index (χ2n) is 6.43. The second kappa shape index (κ2) is 7.27. The van der Waals surface area contributed by atoms with Crippen LogP contribution in [0.4, 0.5) is 11.4 Å². The number of anilines is 2. The highest BCUT2D eigenvalue weighted by Gasteiger charge is 2.22. The quantitative estimate of drug-likeness (QED) is 0.889. The SMILES string of the molecule is Cc1ccc(C)c(NC(=O)CN(c2cc(C)ccc2C)S(C)(=O)=O)c1. The molecule has 0 bridgehead atoms. The minimum absolute atomic E-state index is 0.267. The molecule has 2 aromatic carbocycles. The average molecular weight is 360 g/mol. The molecule has 1 N–H and O–H groups in total. The number of carbonyl (C=O) groups excluding carboxylic acids is 1. The number of hydrogen-bond acceptors (Lipinski definition) is 3. The van der Waals surface area contributed by atoms with Gasteiger partial charge in [-0.05, 0) is 62.1 Å². The van der Waals surface area contributed by atoms with Gasteiger partial charge in [-0.15, -0.1) is 0 Å².